The molecule has 2 nitrogen and oxygen atoms in total. The number of hydrogen-bond acceptors (Lipinski definition) is 3. The van der Waals surface area contributed by atoms with Crippen LogP contribution in [-0.4, -0.2) is 29.2 Å². The van der Waals surface area contributed by atoms with Crippen LogP contribution in [0.1, 0.15) is 19.8 Å². The molecule has 17 heavy (non-hydrogen) atoms. The van der Waals surface area contributed by atoms with Crippen LogP contribution in [-0.2, 0) is 4.74 Å². The number of benzene rings is 1. The zero-order valence-corrected chi connectivity index (χ0v) is 11.4. The van der Waals surface area contributed by atoms with Crippen molar-refractivity contribution < 1.29 is 9.84 Å². The maximum absolute atomic E-state index is 10.2. The highest BCUT2D eigenvalue weighted by molar-refractivity contribution is 7.99. The van der Waals surface area contributed by atoms with Gasteiger partial charge < -0.3 is 9.84 Å². The molecular weight excluding hydrogens is 256 g/mol. The Hall–Kier alpha value is -0.220. The lowest BCUT2D eigenvalue weighted by molar-refractivity contribution is -0.0670. The minimum absolute atomic E-state index is 0.381. The topological polar surface area (TPSA) is 29.5 Å². The molecule has 0 bridgehead atoms. The van der Waals surface area contributed by atoms with Crippen LogP contribution < -0.4 is 0 Å². The number of hydrogen-bond donors (Lipinski definition) is 1. The summed E-state index contributed by atoms with van der Waals surface area (Å²) in [7, 11) is 0. The Morgan fingerprint density at radius 1 is 1.53 bits per heavy atom. The first-order valence-corrected chi connectivity index (χ1v) is 7.17. The lowest BCUT2D eigenvalue weighted by Crippen LogP contribution is -2.40. The fraction of sp³-hybridized carbons (Fsp3) is 0.538. The molecule has 0 saturated carbocycles. The largest absolute Gasteiger partial charge is 0.389 e. The lowest BCUT2D eigenvalue weighted by atomic mass is 9.97. The Balaban J connectivity index is 1.92. The number of halogens is 1. The summed E-state index contributed by atoms with van der Waals surface area (Å²) in [6.07, 6.45) is 1.51. The van der Waals surface area contributed by atoms with Crippen LogP contribution in [0.15, 0.2) is 29.2 Å². The highest BCUT2D eigenvalue weighted by Gasteiger charge is 2.37. The van der Waals surface area contributed by atoms with Gasteiger partial charge in [-0.3, -0.25) is 0 Å². The molecule has 0 spiro atoms. The molecular formula is C13H17ClO2S. The molecule has 0 radical (unpaired) electrons. The molecule has 94 valence electrons. The molecule has 1 aromatic carbocycles. The first-order valence-electron chi connectivity index (χ1n) is 5.81. The van der Waals surface area contributed by atoms with E-state index in [4.69, 9.17) is 16.3 Å². The normalized spacial score (nSPS) is 26.1. The zero-order chi connectivity index (χ0) is 12.3. The van der Waals surface area contributed by atoms with Crippen LogP contribution >= 0.6 is 23.4 Å². The van der Waals surface area contributed by atoms with E-state index in [0.717, 1.165) is 29.4 Å². The standard InChI is InChI=1S/C13H17ClO2S/c1-13(7-4-8-16-13)12(15)9-17-11-6-3-2-5-10(11)14/h2-3,5-6,12,15H,4,7-9H2,1H3. The monoisotopic (exact) mass is 272 g/mol. The quantitative estimate of drug-likeness (QED) is 0.853. The van der Waals surface area contributed by atoms with Gasteiger partial charge in [0.25, 0.3) is 0 Å². The van der Waals surface area contributed by atoms with E-state index in [1.165, 1.54) is 0 Å². The lowest BCUT2D eigenvalue weighted by Gasteiger charge is -2.29. The van der Waals surface area contributed by atoms with Gasteiger partial charge >= 0.3 is 0 Å². The number of aliphatic hydroxyl groups excluding tert-OH is 1. The average Bonchev–Trinajstić information content (AvgIpc) is 2.76. The molecule has 1 saturated heterocycles. The van der Waals surface area contributed by atoms with Crippen LogP contribution in [0.25, 0.3) is 0 Å². The Kier molecular flexibility index (Phi) is 4.36. The Morgan fingerprint density at radius 2 is 2.29 bits per heavy atom. The van der Waals surface area contributed by atoms with E-state index in [9.17, 15) is 5.11 Å². The highest BCUT2D eigenvalue weighted by Crippen LogP contribution is 2.33. The second kappa shape index (κ2) is 5.61. The Morgan fingerprint density at radius 3 is 2.94 bits per heavy atom. The van der Waals surface area contributed by atoms with Crippen molar-refractivity contribution >= 4 is 23.4 Å². The van der Waals surface area contributed by atoms with Crippen molar-refractivity contribution in [3.63, 3.8) is 0 Å². The van der Waals surface area contributed by atoms with Gasteiger partial charge in [-0.05, 0) is 31.9 Å². The van der Waals surface area contributed by atoms with Crippen LogP contribution in [0.3, 0.4) is 0 Å². The Labute approximate surface area is 111 Å². The third-order valence-corrected chi connectivity index (χ3v) is 4.78. The molecule has 1 N–H and O–H groups in total. The first kappa shape index (κ1) is 13.2. The minimum atomic E-state index is -0.453. The predicted octanol–water partition coefficient (Wildman–Crippen LogP) is 3.36. The van der Waals surface area contributed by atoms with Gasteiger partial charge in [-0.2, -0.15) is 0 Å². The van der Waals surface area contributed by atoms with Crippen molar-refractivity contribution in [2.75, 3.05) is 12.4 Å². The van der Waals surface area contributed by atoms with E-state index in [-0.39, 0.29) is 5.60 Å². The molecule has 2 rings (SSSR count). The van der Waals surface area contributed by atoms with Gasteiger partial charge in [0.05, 0.1) is 16.7 Å². The van der Waals surface area contributed by atoms with Gasteiger partial charge in [0.2, 0.25) is 0 Å². The maximum Gasteiger partial charge on any atom is 0.0921 e. The van der Waals surface area contributed by atoms with Crippen LogP contribution in [0.2, 0.25) is 5.02 Å². The van der Waals surface area contributed by atoms with E-state index in [0.29, 0.717) is 5.75 Å². The first-order chi connectivity index (χ1) is 8.12. The second-order valence-electron chi connectivity index (χ2n) is 4.52. The van der Waals surface area contributed by atoms with Gasteiger partial charge in [-0.25, -0.2) is 0 Å². The molecule has 4 heteroatoms. The zero-order valence-electron chi connectivity index (χ0n) is 9.86. The highest BCUT2D eigenvalue weighted by atomic mass is 35.5. The van der Waals surface area contributed by atoms with Crippen molar-refractivity contribution in [2.45, 2.75) is 36.4 Å². The summed E-state index contributed by atoms with van der Waals surface area (Å²) < 4.78 is 5.62. The minimum Gasteiger partial charge on any atom is -0.389 e. The maximum atomic E-state index is 10.2. The fourth-order valence-electron chi connectivity index (χ4n) is 1.97. The van der Waals surface area contributed by atoms with Crippen LogP contribution in [0.5, 0.6) is 0 Å². The second-order valence-corrected chi connectivity index (χ2v) is 5.99. The smallest absolute Gasteiger partial charge is 0.0921 e. The molecule has 2 unspecified atom stereocenters. The molecule has 1 aliphatic rings. The summed E-state index contributed by atoms with van der Waals surface area (Å²) in [5.41, 5.74) is -0.381. The number of thioether (sulfide) groups is 1. The van der Waals surface area contributed by atoms with Gasteiger partial charge in [0.1, 0.15) is 0 Å². The van der Waals surface area contributed by atoms with Gasteiger partial charge in [0, 0.05) is 17.3 Å². The molecule has 0 aromatic heterocycles. The van der Waals surface area contributed by atoms with Crippen molar-refractivity contribution in [3.05, 3.63) is 29.3 Å². The summed E-state index contributed by atoms with van der Waals surface area (Å²) in [4.78, 5) is 1.01. The summed E-state index contributed by atoms with van der Waals surface area (Å²) in [5.74, 6) is 0.611. The SMILES string of the molecule is CC1(C(O)CSc2ccccc2Cl)CCCO1. The third kappa shape index (κ3) is 3.16. The van der Waals surface area contributed by atoms with E-state index in [2.05, 4.69) is 0 Å². The van der Waals surface area contributed by atoms with Gasteiger partial charge in [-0.15, -0.1) is 11.8 Å². The molecule has 0 aliphatic carbocycles. The van der Waals surface area contributed by atoms with Crippen molar-refractivity contribution in [2.24, 2.45) is 0 Å². The number of aliphatic hydroxyl groups is 1. The van der Waals surface area contributed by atoms with Crippen molar-refractivity contribution in [3.8, 4) is 0 Å². The van der Waals surface area contributed by atoms with Crippen LogP contribution in [0.4, 0.5) is 0 Å². The number of ether oxygens (including phenoxy) is 1. The third-order valence-electron chi connectivity index (χ3n) is 3.19. The molecule has 1 heterocycles. The molecule has 1 aliphatic heterocycles. The van der Waals surface area contributed by atoms with Crippen molar-refractivity contribution in [1.29, 1.82) is 0 Å². The van der Waals surface area contributed by atoms with E-state index in [1.807, 2.05) is 31.2 Å². The van der Waals surface area contributed by atoms with E-state index in [1.54, 1.807) is 11.8 Å². The van der Waals surface area contributed by atoms with E-state index >= 15 is 0 Å². The Bertz CT molecular complexity index is 377. The fourth-order valence-corrected chi connectivity index (χ4v) is 3.34. The summed E-state index contributed by atoms with van der Waals surface area (Å²) in [5, 5.41) is 10.9. The van der Waals surface area contributed by atoms with Crippen molar-refractivity contribution in [1.82, 2.24) is 0 Å². The molecule has 2 atom stereocenters. The summed E-state index contributed by atoms with van der Waals surface area (Å²) in [6, 6.07) is 7.69. The predicted molar refractivity (Wildman–Crippen MR) is 71.8 cm³/mol. The van der Waals surface area contributed by atoms with Gasteiger partial charge in [0.15, 0.2) is 0 Å². The molecule has 1 aromatic rings. The number of rotatable bonds is 4. The van der Waals surface area contributed by atoms with Crippen LogP contribution in [0, 0.1) is 0 Å². The van der Waals surface area contributed by atoms with Gasteiger partial charge in [-0.1, -0.05) is 23.7 Å². The molecule has 1 fully saturated rings. The summed E-state index contributed by atoms with van der Waals surface area (Å²) >= 11 is 7.65. The average molecular weight is 273 g/mol. The molecule has 0 amide bonds. The van der Waals surface area contributed by atoms with E-state index < -0.39 is 6.10 Å². The summed E-state index contributed by atoms with van der Waals surface area (Å²) in [6.45, 7) is 2.74.